The van der Waals surface area contributed by atoms with E-state index in [0.29, 0.717) is 35.3 Å². The van der Waals surface area contributed by atoms with Gasteiger partial charge in [0, 0.05) is 30.7 Å². The summed E-state index contributed by atoms with van der Waals surface area (Å²) in [6.07, 6.45) is 2.54. The van der Waals surface area contributed by atoms with Crippen LogP contribution in [0.2, 0.25) is 5.02 Å². The topological polar surface area (TPSA) is 53.1 Å². The summed E-state index contributed by atoms with van der Waals surface area (Å²) in [7, 11) is 1.53. The lowest BCUT2D eigenvalue weighted by molar-refractivity contribution is -0.134. The standard InChI is InChI=1S/C21H30ClN3O3/c1-4-23(5-2)16-10-12-24(14-16)21(27)18-7-6-11-25(18)20(26)17-13-15(22)8-9-19(17)28-3/h8-9,13,16,18H,4-7,10-12,14H2,1-3H3. The maximum Gasteiger partial charge on any atom is 0.258 e. The number of carbonyl (C=O) groups is 2. The zero-order valence-electron chi connectivity index (χ0n) is 17.0. The van der Waals surface area contributed by atoms with Crippen LogP contribution in [0.25, 0.3) is 0 Å². The van der Waals surface area contributed by atoms with Crippen molar-refractivity contribution in [3.63, 3.8) is 0 Å². The van der Waals surface area contributed by atoms with Gasteiger partial charge in [0.25, 0.3) is 5.91 Å². The lowest BCUT2D eigenvalue weighted by Crippen LogP contribution is -2.48. The van der Waals surface area contributed by atoms with Crippen molar-refractivity contribution in [2.45, 2.75) is 45.2 Å². The van der Waals surface area contributed by atoms with Gasteiger partial charge in [0.2, 0.25) is 5.91 Å². The van der Waals surface area contributed by atoms with Gasteiger partial charge in [-0.2, -0.15) is 0 Å². The minimum atomic E-state index is -0.397. The van der Waals surface area contributed by atoms with Crippen LogP contribution < -0.4 is 4.74 Å². The zero-order valence-corrected chi connectivity index (χ0v) is 17.7. The van der Waals surface area contributed by atoms with Crippen LogP contribution in [-0.4, -0.2) is 78.4 Å². The van der Waals surface area contributed by atoms with Crippen molar-refractivity contribution in [2.75, 3.05) is 39.8 Å². The van der Waals surface area contributed by atoms with Crippen molar-refractivity contribution >= 4 is 23.4 Å². The average molecular weight is 408 g/mol. The molecule has 2 saturated heterocycles. The summed E-state index contributed by atoms with van der Waals surface area (Å²) in [4.78, 5) is 32.4. The third kappa shape index (κ3) is 4.13. The molecule has 0 bridgehead atoms. The number of ether oxygens (including phenoxy) is 1. The van der Waals surface area contributed by atoms with Crippen LogP contribution >= 0.6 is 11.6 Å². The van der Waals surface area contributed by atoms with E-state index in [2.05, 4.69) is 18.7 Å². The summed E-state index contributed by atoms with van der Waals surface area (Å²) < 4.78 is 5.33. The van der Waals surface area contributed by atoms with Gasteiger partial charge in [-0.25, -0.2) is 0 Å². The molecule has 154 valence electrons. The predicted molar refractivity (Wildman–Crippen MR) is 110 cm³/mol. The number of rotatable bonds is 6. The lowest BCUT2D eigenvalue weighted by Gasteiger charge is -2.30. The van der Waals surface area contributed by atoms with Crippen LogP contribution in [0.15, 0.2) is 18.2 Å². The van der Waals surface area contributed by atoms with Gasteiger partial charge in [-0.1, -0.05) is 25.4 Å². The van der Waals surface area contributed by atoms with Gasteiger partial charge in [-0.15, -0.1) is 0 Å². The molecule has 2 amide bonds. The number of benzene rings is 1. The van der Waals surface area contributed by atoms with E-state index in [1.54, 1.807) is 23.1 Å². The Hall–Kier alpha value is -1.79. The van der Waals surface area contributed by atoms with E-state index in [9.17, 15) is 9.59 Å². The monoisotopic (exact) mass is 407 g/mol. The van der Waals surface area contributed by atoms with Crippen molar-refractivity contribution in [3.8, 4) is 5.75 Å². The van der Waals surface area contributed by atoms with Crippen molar-refractivity contribution in [1.82, 2.24) is 14.7 Å². The highest BCUT2D eigenvalue weighted by atomic mass is 35.5. The summed E-state index contributed by atoms with van der Waals surface area (Å²) in [6, 6.07) is 5.03. The first-order chi connectivity index (χ1) is 13.5. The van der Waals surface area contributed by atoms with Crippen LogP contribution in [0.5, 0.6) is 5.75 Å². The molecule has 0 radical (unpaired) electrons. The molecule has 0 N–H and O–H groups in total. The third-order valence-corrected chi connectivity index (χ3v) is 6.23. The minimum Gasteiger partial charge on any atom is -0.496 e. The van der Waals surface area contributed by atoms with Crippen molar-refractivity contribution in [3.05, 3.63) is 28.8 Å². The van der Waals surface area contributed by atoms with E-state index in [0.717, 1.165) is 39.0 Å². The van der Waals surface area contributed by atoms with Gasteiger partial charge in [0.15, 0.2) is 0 Å². The number of nitrogens with zero attached hydrogens (tertiary/aromatic N) is 3. The molecule has 28 heavy (non-hydrogen) atoms. The van der Waals surface area contributed by atoms with Crippen LogP contribution in [-0.2, 0) is 4.79 Å². The Bertz CT molecular complexity index is 723. The highest BCUT2D eigenvalue weighted by Crippen LogP contribution is 2.29. The van der Waals surface area contributed by atoms with Crippen molar-refractivity contribution in [2.24, 2.45) is 0 Å². The molecule has 2 unspecified atom stereocenters. The maximum absolute atomic E-state index is 13.2. The van der Waals surface area contributed by atoms with Gasteiger partial charge in [0.1, 0.15) is 11.8 Å². The Balaban J connectivity index is 1.74. The second kappa shape index (κ2) is 9.14. The normalized spacial score (nSPS) is 22.2. The first-order valence-corrected chi connectivity index (χ1v) is 10.5. The number of likely N-dealkylation sites (tertiary alicyclic amines) is 2. The predicted octanol–water partition coefficient (Wildman–Crippen LogP) is 2.90. The Morgan fingerprint density at radius 2 is 1.96 bits per heavy atom. The van der Waals surface area contributed by atoms with Gasteiger partial charge < -0.3 is 14.5 Å². The molecule has 1 aromatic rings. The summed E-state index contributed by atoms with van der Waals surface area (Å²) in [6.45, 7) is 8.39. The molecule has 2 aliphatic heterocycles. The third-order valence-electron chi connectivity index (χ3n) is 5.99. The molecule has 0 aromatic heterocycles. The molecule has 2 atom stereocenters. The van der Waals surface area contributed by atoms with Gasteiger partial charge in [0.05, 0.1) is 12.7 Å². The van der Waals surface area contributed by atoms with Crippen LogP contribution in [0.1, 0.15) is 43.5 Å². The van der Waals surface area contributed by atoms with Gasteiger partial charge >= 0.3 is 0 Å². The first kappa shape index (κ1) is 20.9. The molecule has 7 heteroatoms. The largest absolute Gasteiger partial charge is 0.496 e. The fraction of sp³-hybridized carbons (Fsp3) is 0.619. The Morgan fingerprint density at radius 1 is 1.21 bits per heavy atom. The van der Waals surface area contributed by atoms with Crippen LogP contribution in [0.4, 0.5) is 0 Å². The fourth-order valence-electron chi connectivity index (χ4n) is 4.46. The molecule has 3 rings (SSSR count). The number of hydrogen-bond acceptors (Lipinski definition) is 4. The highest BCUT2D eigenvalue weighted by molar-refractivity contribution is 6.31. The zero-order chi connectivity index (χ0) is 20.3. The lowest BCUT2D eigenvalue weighted by atomic mass is 10.1. The molecule has 2 fully saturated rings. The van der Waals surface area contributed by atoms with Crippen LogP contribution in [0, 0.1) is 0 Å². The van der Waals surface area contributed by atoms with Gasteiger partial charge in [-0.3, -0.25) is 14.5 Å². The highest BCUT2D eigenvalue weighted by Gasteiger charge is 2.40. The molecule has 6 nitrogen and oxygen atoms in total. The van der Waals surface area contributed by atoms with Crippen molar-refractivity contribution in [1.29, 1.82) is 0 Å². The number of methoxy groups -OCH3 is 1. The fourth-order valence-corrected chi connectivity index (χ4v) is 4.63. The van der Waals surface area contributed by atoms with Gasteiger partial charge in [-0.05, 0) is 50.6 Å². The Morgan fingerprint density at radius 3 is 2.64 bits per heavy atom. The van der Waals surface area contributed by atoms with Crippen molar-refractivity contribution < 1.29 is 14.3 Å². The number of hydrogen-bond donors (Lipinski definition) is 0. The molecule has 0 spiro atoms. The minimum absolute atomic E-state index is 0.0708. The molecular weight excluding hydrogens is 378 g/mol. The maximum atomic E-state index is 13.2. The number of likely N-dealkylation sites (N-methyl/N-ethyl adjacent to an activating group) is 1. The summed E-state index contributed by atoms with van der Waals surface area (Å²) >= 11 is 6.09. The summed E-state index contributed by atoms with van der Waals surface area (Å²) in [5.41, 5.74) is 0.414. The second-order valence-corrected chi connectivity index (χ2v) is 7.89. The molecule has 2 aliphatic rings. The van der Waals surface area contributed by atoms with E-state index >= 15 is 0 Å². The summed E-state index contributed by atoms with van der Waals surface area (Å²) in [5, 5.41) is 0.479. The van der Waals surface area contributed by atoms with E-state index in [-0.39, 0.29) is 11.8 Å². The number of halogens is 1. The molecular formula is C21H30ClN3O3. The number of amides is 2. The average Bonchev–Trinajstić information content (AvgIpc) is 3.38. The van der Waals surface area contributed by atoms with Crippen LogP contribution in [0.3, 0.4) is 0 Å². The molecule has 0 saturated carbocycles. The summed E-state index contributed by atoms with van der Waals surface area (Å²) in [5.74, 6) is 0.367. The Kier molecular flexibility index (Phi) is 6.83. The SMILES string of the molecule is CCN(CC)C1CCN(C(=O)C2CCCN2C(=O)c2cc(Cl)ccc2OC)C1. The van der Waals surface area contributed by atoms with E-state index < -0.39 is 6.04 Å². The molecule has 0 aliphatic carbocycles. The number of carbonyl (C=O) groups excluding carboxylic acids is 2. The second-order valence-electron chi connectivity index (χ2n) is 7.45. The van der Waals surface area contributed by atoms with E-state index in [4.69, 9.17) is 16.3 Å². The smallest absolute Gasteiger partial charge is 0.258 e. The first-order valence-electron chi connectivity index (χ1n) is 10.2. The molecule has 2 heterocycles. The quantitative estimate of drug-likeness (QED) is 0.727. The molecule has 1 aromatic carbocycles. The van der Waals surface area contributed by atoms with E-state index in [1.807, 2.05) is 4.90 Å². The van der Waals surface area contributed by atoms with E-state index in [1.165, 1.54) is 7.11 Å². The Labute approximate surface area is 172 Å².